The predicted octanol–water partition coefficient (Wildman–Crippen LogP) is 14.6. The summed E-state index contributed by atoms with van der Waals surface area (Å²) in [5, 5.41) is 7.43. The molecule has 1 aliphatic carbocycles. The summed E-state index contributed by atoms with van der Waals surface area (Å²) in [5.74, 6) is 0.708. The van der Waals surface area contributed by atoms with Crippen molar-refractivity contribution in [3.63, 3.8) is 0 Å². The molecular weight excluding hydrogens is 689 g/mol. The molecule has 0 bridgehead atoms. The zero-order valence-electron chi connectivity index (χ0n) is 31.9. The quantitative estimate of drug-likeness (QED) is 0.176. The smallest absolute Gasteiger partial charge is 0.160 e. The molecule has 2 heteroatoms. The average molecular weight is 727 g/mol. The Hall–Kier alpha value is -7.16. The number of fused-ring (bicyclic) bond motifs is 7. The summed E-state index contributed by atoms with van der Waals surface area (Å²) in [6.07, 6.45) is 0. The van der Waals surface area contributed by atoms with Crippen molar-refractivity contribution in [1.82, 2.24) is 9.97 Å². The Kier molecular flexibility index (Phi) is 7.55. The van der Waals surface area contributed by atoms with E-state index in [1.807, 2.05) is 6.07 Å². The maximum atomic E-state index is 5.30. The molecule has 0 amide bonds. The summed E-state index contributed by atoms with van der Waals surface area (Å²) < 4.78 is 0. The van der Waals surface area contributed by atoms with Gasteiger partial charge >= 0.3 is 0 Å². The second-order valence-electron chi connectivity index (χ2n) is 15.7. The lowest BCUT2D eigenvalue weighted by Gasteiger charge is -2.25. The van der Waals surface area contributed by atoms with Gasteiger partial charge in [0, 0.05) is 22.1 Å². The van der Waals surface area contributed by atoms with Crippen molar-refractivity contribution in [2.45, 2.75) is 19.3 Å². The molecule has 1 heterocycles. The molecule has 0 N–H and O–H groups in total. The Bertz CT molecular complexity index is 3210. The fraction of sp³-hybridized carbons (Fsp3) is 0.0545. The van der Waals surface area contributed by atoms with E-state index < -0.39 is 0 Å². The summed E-state index contributed by atoms with van der Waals surface area (Å²) in [4.78, 5) is 10.5. The maximum Gasteiger partial charge on any atom is 0.160 e. The van der Waals surface area contributed by atoms with Crippen LogP contribution in [-0.2, 0) is 5.41 Å². The van der Waals surface area contributed by atoms with Crippen LogP contribution >= 0.6 is 0 Å². The first-order valence-electron chi connectivity index (χ1n) is 19.7. The molecule has 268 valence electrons. The van der Waals surface area contributed by atoms with Crippen molar-refractivity contribution in [2.24, 2.45) is 0 Å². The second kappa shape index (κ2) is 13.0. The molecular formula is C55H38N2. The molecule has 9 aromatic carbocycles. The van der Waals surface area contributed by atoms with Crippen LogP contribution in [0.4, 0.5) is 0 Å². The summed E-state index contributed by atoms with van der Waals surface area (Å²) in [6, 6.07) is 70.1. The molecule has 0 radical (unpaired) electrons. The Morgan fingerprint density at radius 3 is 1.74 bits per heavy atom. The third-order valence-corrected chi connectivity index (χ3v) is 12.1. The Morgan fingerprint density at radius 1 is 0.351 bits per heavy atom. The van der Waals surface area contributed by atoms with Crippen LogP contribution in [-0.4, -0.2) is 9.97 Å². The van der Waals surface area contributed by atoms with Crippen molar-refractivity contribution < 1.29 is 0 Å². The molecule has 0 spiro atoms. The van der Waals surface area contributed by atoms with Gasteiger partial charge in [-0.15, -0.1) is 0 Å². The first-order valence-corrected chi connectivity index (χ1v) is 19.7. The van der Waals surface area contributed by atoms with Crippen LogP contribution in [0.25, 0.3) is 99.6 Å². The van der Waals surface area contributed by atoms with E-state index in [1.54, 1.807) is 0 Å². The zero-order valence-corrected chi connectivity index (χ0v) is 31.9. The number of benzene rings is 9. The SMILES string of the molecule is CC1(C)c2ccc3ccccc3c2-c2cccc(-c3ccc(-c4cc(-c5cccc(-c6cccc7ccccc67)c5)nc(-c5ccccc5)n4)c4ccccc34)c21. The van der Waals surface area contributed by atoms with Crippen LogP contribution in [0, 0.1) is 0 Å². The monoisotopic (exact) mass is 726 g/mol. The highest BCUT2D eigenvalue weighted by atomic mass is 14.9. The predicted molar refractivity (Wildman–Crippen MR) is 239 cm³/mol. The lowest BCUT2D eigenvalue weighted by Crippen LogP contribution is -2.16. The molecule has 0 saturated carbocycles. The molecule has 0 fully saturated rings. The van der Waals surface area contributed by atoms with Crippen LogP contribution in [0.2, 0.25) is 0 Å². The van der Waals surface area contributed by atoms with Crippen LogP contribution in [0.5, 0.6) is 0 Å². The van der Waals surface area contributed by atoms with Gasteiger partial charge in [-0.2, -0.15) is 0 Å². The minimum absolute atomic E-state index is 0.169. The molecule has 1 aromatic heterocycles. The van der Waals surface area contributed by atoms with E-state index in [0.29, 0.717) is 5.82 Å². The van der Waals surface area contributed by atoms with E-state index in [4.69, 9.17) is 9.97 Å². The molecule has 1 aliphatic rings. The van der Waals surface area contributed by atoms with E-state index in [2.05, 4.69) is 202 Å². The van der Waals surface area contributed by atoms with Gasteiger partial charge in [0.05, 0.1) is 11.4 Å². The molecule has 10 aromatic rings. The summed E-state index contributed by atoms with van der Waals surface area (Å²) in [6.45, 7) is 4.77. The van der Waals surface area contributed by atoms with E-state index in [9.17, 15) is 0 Å². The first kappa shape index (κ1) is 33.2. The summed E-state index contributed by atoms with van der Waals surface area (Å²) in [7, 11) is 0. The van der Waals surface area contributed by atoms with Crippen LogP contribution < -0.4 is 0 Å². The van der Waals surface area contributed by atoms with Gasteiger partial charge < -0.3 is 0 Å². The fourth-order valence-corrected chi connectivity index (χ4v) is 9.41. The van der Waals surface area contributed by atoms with Gasteiger partial charge in [-0.25, -0.2) is 9.97 Å². The largest absolute Gasteiger partial charge is 0.228 e. The van der Waals surface area contributed by atoms with Gasteiger partial charge in [0.2, 0.25) is 0 Å². The Balaban J connectivity index is 1.09. The average Bonchev–Trinajstić information content (AvgIpc) is 3.52. The van der Waals surface area contributed by atoms with Gasteiger partial charge in [-0.1, -0.05) is 196 Å². The van der Waals surface area contributed by atoms with Crippen molar-refractivity contribution in [2.75, 3.05) is 0 Å². The maximum absolute atomic E-state index is 5.30. The van der Waals surface area contributed by atoms with Crippen molar-refractivity contribution in [3.05, 3.63) is 205 Å². The van der Waals surface area contributed by atoms with Gasteiger partial charge in [0.1, 0.15) is 0 Å². The van der Waals surface area contributed by atoms with Crippen LogP contribution in [0.15, 0.2) is 194 Å². The summed E-state index contributed by atoms with van der Waals surface area (Å²) in [5.41, 5.74) is 15.1. The highest BCUT2D eigenvalue weighted by molar-refractivity contribution is 6.09. The third kappa shape index (κ3) is 5.33. The van der Waals surface area contributed by atoms with Gasteiger partial charge in [0.25, 0.3) is 0 Å². The molecule has 0 atom stereocenters. The molecule has 0 saturated heterocycles. The van der Waals surface area contributed by atoms with E-state index in [1.165, 1.54) is 71.3 Å². The van der Waals surface area contributed by atoms with Crippen molar-refractivity contribution >= 4 is 32.3 Å². The van der Waals surface area contributed by atoms with E-state index >= 15 is 0 Å². The second-order valence-corrected chi connectivity index (χ2v) is 15.7. The molecule has 0 unspecified atom stereocenters. The number of hydrogen-bond donors (Lipinski definition) is 0. The third-order valence-electron chi connectivity index (χ3n) is 12.1. The standard InChI is InChI=1S/C55H38N2/c1-55(2)49-32-29-36-16-7-9-23-42(36)52(49)48-28-14-27-47(53(48)55)45-30-31-46(44-25-11-10-24-43(44)45)51-34-50(56-54(57-51)37-17-4-3-5-18-37)39-21-12-20-38(33-39)41-26-13-19-35-15-6-8-22-40(35)41/h3-34H,1-2H3. The summed E-state index contributed by atoms with van der Waals surface area (Å²) >= 11 is 0. The minimum Gasteiger partial charge on any atom is -0.228 e. The topological polar surface area (TPSA) is 25.8 Å². The van der Waals surface area contributed by atoms with Crippen molar-refractivity contribution in [1.29, 1.82) is 0 Å². The molecule has 11 rings (SSSR count). The molecule has 0 aliphatic heterocycles. The number of hydrogen-bond acceptors (Lipinski definition) is 2. The van der Waals surface area contributed by atoms with Crippen LogP contribution in [0.1, 0.15) is 25.0 Å². The lowest BCUT2D eigenvalue weighted by atomic mass is 9.78. The van der Waals surface area contributed by atoms with Gasteiger partial charge in [-0.3, -0.25) is 0 Å². The zero-order chi connectivity index (χ0) is 38.1. The number of nitrogens with zero attached hydrogens (tertiary/aromatic N) is 2. The molecule has 2 nitrogen and oxygen atoms in total. The van der Waals surface area contributed by atoms with Gasteiger partial charge in [0.15, 0.2) is 5.82 Å². The highest BCUT2D eigenvalue weighted by Crippen LogP contribution is 2.55. The minimum atomic E-state index is -0.169. The van der Waals surface area contributed by atoms with Gasteiger partial charge in [-0.05, 0) is 89.0 Å². The van der Waals surface area contributed by atoms with Crippen LogP contribution in [0.3, 0.4) is 0 Å². The van der Waals surface area contributed by atoms with E-state index in [0.717, 1.165) is 33.6 Å². The highest BCUT2D eigenvalue weighted by Gasteiger charge is 2.38. The van der Waals surface area contributed by atoms with Crippen molar-refractivity contribution in [3.8, 4) is 67.3 Å². The number of aromatic nitrogens is 2. The van der Waals surface area contributed by atoms with E-state index in [-0.39, 0.29) is 5.41 Å². The fourth-order valence-electron chi connectivity index (χ4n) is 9.41. The normalized spacial score (nSPS) is 12.9. The first-order chi connectivity index (χ1) is 28.0. The Labute approximate surface area is 332 Å². The lowest BCUT2D eigenvalue weighted by molar-refractivity contribution is 0.662. The Morgan fingerprint density at radius 2 is 0.912 bits per heavy atom. The molecule has 57 heavy (non-hydrogen) atoms. The number of rotatable bonds is 5.